The van der Waals surface area contributed by atoms with E-state index in [1.807, 2.05) is 30.3 Å². The number of amides is 1. The Kier molecular flexibility index (Phi) is 7.90. The van der Waals surface area contributed by atoms with Gasteiger partial charge >= 0.3 is 0 Å². The number of thioether (sulfide) groups is 1. The molecule has 1 fully saturated rings. The van der Waals surface area contributed by atoms with Gasteiger partial charge in [0.25, 0.3) is 0 Å². The van der Waals surface area contributed by atoms with Crippen molar-refractivity contribution in [2.75, 3.05) is 31.3 Å². The second-order valence-electron chi connectivity index (χ2n) is 7.99. The van der Waals surface area contributed by atoms with Crippen LogP contribution in [0.1, 0.15) is 38.1 Å². The van der Waals surface area contributed by atoms with Gasteiger partial charge in [0.05, 0.1) is 18.9 Å². The lowest BCUT2D eigenvalue weighted by molar-refractivity contribution is -0.113. The Hall–Kier alpha value is -2.55. The number of nitrogens with zero attached hydrogens (tertiary/aromatic N) is 4. The number of halogens is 1. The summed E-state index contributed by atoms with van der Waals surface area (Å²) in [6.45, 7) is 4.29. The molecule has 2 aromatic carbocycles. The molecule has 0 radical (unpaired) electrons. The van der Waals surface area contributed by atoms with Gasteiger partial charge in [-0.2, -0.15) is 0 Å². The standard InChI is InChI=1S/C24H28ClN5O2S/c1-17(29-13-4-3-5-14-29)23-27-28-24(30(23)20-9-11-21(32-2)12-10-20)33-16-22(31)26-19-8-6-7-18(25)15-19/h6-12,15,17H,3-5,13-14,16H2,1-2H3,(H,26,31)/t17-/m1/s1. The summed E-state index contributed by atoms with van der Waals surface area (Å²) in [5, 5.41) is 13.2. The Morgan fingerprint density at radius 2 is 1.91 bits per heavy atom. The van der Waals surface area contributed by atoms with Crippen LogP contribution in [-0.4, -0.2) is 51.5 Å². The summed E-state index contributed by atoms with van der Waals surface area (Å²) in [5.74, 6) is 1.74. The van der Waals surface area contributed by atoms with Gasteiger partial charge in [-0.3, -0.25) is 14.3 Å². The normalized spacial score (nSPS) is 15.2. The first kappa shape index (κ1) is 23.6. The van der Waals surface area contributed by atoms with Crippen LogP contribution in [0.15, 0.2) is 53.7 Å². The van der Waals surface area contributed by atoms with Crippen LogP contribution in [0.5, 0.6) is 5.75 Å². The van der Waals surface area contributed by atoms with E-state index in [0.717, 1.165) is 30.4 Å². The van der Waals surface area contributed by atoms with Crippen molar-refractivity contribution >= 4 is 35.0 Å². The highest BCUT2D eigenvalue weighted by Gasteiger charge is 2.26. The quantitative estimate of drug-likeness (QED) is 0.442. The van der Waals surface area contributed by atoms with Crippen molar-refractivity contribution in [3.8, 4) is 11.4 Å². The molecule has 0 saturated carbocycles. The Labute approximate surface area is 203 Å². The van der Waals surface area contributed by atoms with Gasteiger partial charge in [0.2, 0.25) is 5.91 Å². The number of methoxy groups -OCH3 is 1. The first-order chi connectivity index (χ1) is 16.0. The number of ether oxygens (including phenoxy) is 1. The molecule has 33 heavy (non-hydrogen) atoms. The van der Waals surface area contributed by atoms with E-state index in [9.17, 15) is 4.79 Å². The molecule has 1 aliphatic heterocycles. The van der Waals surface area contributed by atoms with E-state index < -0.39 is 0 Å². The SMILES string of the molecule is COc1ccc(-n2c(SCC(=O)Nc3cccc(Cl)c3)nnc2[C@@H](C)N2CCCCC2)cc1. The number of hydrogen-bond acceptors (Lipinski definition) is 6. The smallest absolute Gasteiger partial charge is 0.234 e. The minimum Gasteiger partial charge on any atom is -0.497 e. The van der Waals surface area contributed by atoms with Gasteiger partial charge in [0, 0.05) is 16.4 Å². The van der Waals surface area contributed by atoms with Crippen molar-refractivity contribution in [2.45, 2.75) is 37.4 Å². The Morgan fingerprint density at radius 3 is 2.61 bits per heavy atom. The molecule has 174 valence electrons. The maximum Gasteiger partial charge on any atom is 0.234 e. The first-order valence-corrected chi connectivity index (χ1v) is 12.4. The highest BCUT2D eigenvalue weighted by Crippen LogP contribution is 2.30. The van der Waals surface area contributed by atoms with Gasteiger partial charge < -0.3 is 10.1 Å². The molecule has 0 unspecified atom stereocenters. The average molecular weight is 486 g/mol. The van der Waals surface area contributed by atoms with E-state index in [1.165, 1.54) is 31.0 Å². The number of nitrogens with one attached hydrogen (secondary N) is 1. The van der Waals surface area contributed by atoms with Gasteiger partial charge in [0.1, 0.15) is 5.75 Å². The van der Waals surface area contributed by atoms with Gasteiger partial charge in [-0.25, -0.2) is 0 Å². The van der Waals surface area contributed by atoms with Crippen LogP contribution in [0.3, 0.4) is 0 Å². The fourth-order valence-electron chi connectivity index (χ4n) is 3.98. The predicted octanol–water partition coefficient (Wildman–Crippen LogP) is 5.21. The molecule has 1 N–H and O–H groups in total. The zero-order chi connectivity index (χ0) is 23.2. The number of rotatable bonds is 8. The highest BCUT2D eigenvalue weighted by atomic mass is 35.5. The molecule has 0 aliphatic carbocycles. The summed E-state index contributed by atoms with van der Waals surface area (Å²) < 4.78 is 7.37. The largest absolute Gasteiger partial charge is 0.497 e. The van der Waals surface area contributed by atoms with Crippen LogP contribution in [0.2, 0.25) is 5.02 Å². The number of carbonyl (C=O) groups is 1. The second-order valence-corrected chi connectivity index (χ2v) is 9.37. The number of carbonyl (C=O) groups excluding carboxylic acids is 1. The monoisotopic (exact) mass is 485 g/mol. The maximum atomic E-state index is 12.6. The summed E-state index contributed by atoms with van der Waals surface area (Å²) in [5.41, 5.74) is 1.61. The molecule has 0 spiro atoms. The third kappa shape index (κ3) is 5.88. The number of benzene rings is 2. The van der Waals surface area contributed by atoms with Gasteiger partial charge in [-0.05, 0) is 75.3 Å². The van der Waals surface area contributed by atoms with Crippen LogP contribution in [0.4, 0.5) is 5.69 Å². The zero-order valence-electron chi connectivity index (χ0n) is 18.8. The summed E-state index contributed by atoms with van der Waals surface area (Å²) in [6.07, 6.45) is 3.68. The van der Waals surface area contributed by atoms with Crippen LogP contribution < -0.4 is 10.1 Å². The summed E-state index contributed by atoms with van der Waals surface area (Å²) >= 11 is 7.38. The molecule has 1 atom stereocenters. The van der Waals surface area contributed by atoms with Crippen LogP contribution >= 0.6 is 23.4 Å². The van der Waals surface area contributed by atoms with Crippen molar-refractivity contribution in [1.82, 2.24) is 19.7 Å². The molecule has 0 bridgehead atoms. The lowest BCUT2D eigenvalue weighted by Crippen LogP contribution is -2.33. The highest BCUT2D eigenvalue weighted by molar-refractivity contribution is 7.99. The number of likely N-dealkylation sites (tertiary alicyclic amines) is 1. The predicted molar refractivity (Wildman–Crippen MR) is 133 cm³/mol. The van der Waals surface area contributed by atoms with E-state index in [1.54, 1.807) is 25.3 Å². The van der Waals surface area contributed by atoms with E-state index in [0.29, 0.717) is 15.9 Å². The third-order valence-corrected chi connectivity index (χ3v) is 6.91. The van der Waals surface area contributed by atoms with Crippen molar-refractivity contribution < 1.29 is 9.53 Å². The van der Waals surface area contributed by atoms with E-state index in [2.05, 4.69) is 31.9 Å². The molecule has 9 heteroatoms. The number of piperidine rings is 1. The fraction of sp³-hybridized carbons (Fsp3) is 0.375. The molecule has 1 amide bonds. The topological polar surface area (TPSA) is 72.3 Å². The Morgan fingerprint density at radius 1 is 1.15 bits per heavy atom. The first-order valence-electron chi connectivity index (χ1n) is 11.1. The Bertz CT molecular complexity index is 1080. The molecule has 1 aromatic heterocycles. The Balaban J connectivity index is 1.56. The molecule has 1 saturated heterocycles. The van der Waals surface area contributed by atoms with Crippen LogP contribution in [-0.2, 0) is 4.79 Å². The molecular weight excluding hydrogens is 458 g/mol. The maximum absolute atomic E-state index is 12.6. The van der Waals surface area contributed by atoms with Crippen molar-refractivity contribution in [2.24, 2.45) is 0 Å². The number of hydrogen-bond donors (Lipinski definition) is 1. The molecule has 3 aromatic rings. The van der Waals surface area contributed by atoms with Crippen LogP contribution in [0, 0.1) is 0 Å². The summed E-state index contributed by atoms with van der Waals surface area (Å²) in [4.78, 5) is 15.0. The van der Waals surface area contributed by atoms with Crippen molar-refractivity contribution in [1.29, 1.82) is 0 Å². The third-order valence-electron chi connectivity index (χ3n) is 5.74. The minimum atomic E-state index is -0.128. The lowest BCUT2D eigenvalue weighted by Gasteiger charge is -2.31. The van der Waals surface area contributed by atoms with Gasteiger partial charge in [0.15, 0.2) is 11.0 Å². The van der Waals surface area contributed by atoms with Crippen LogP contribution in [0.25, 0.3) is 5.69 Å². The van der Waals surface area contributed by atoms with Gasteiger partial charge in [-0.1, -0.05) is 35.9 Å². The lowest BCUT2D eigenvalue weighted by atomic mass is 10.1. The molecular formula is C24H28ClN5O2S. The summed E-state index contributed by atoms with van der Waals surface area (Å²) in [6, 6.07) is 15.1. The summed E-state index contributed by atoms with van der Waals surface area (Å²) in [7, 11) is 1.65. The number of aromatic nitrogens is 3. The fourth-order valence-corrected chi connectivity index (χ4v) is 4.93. The molecule has 1 aliphatic rings. The van der Waals surface area contributed by atoms with E-state index >= 15 is 0 Å². The van der Waals surface area contributed by atoms with Gasteiger partial charge in [-0.15, -0.1) is 10.2 Å². The van der Waals surface area contributed by atoms with E-state index in [-0.39, 0.29) is 17.7 Å². The zero-order valence-corrected chi connectivity index (χ0v) is 20.4. The molecule has 7 nitrogen and oxygen atoms in total. The van der Waals surface area contributed by atoms with Crippen molar-refractivity contribution in [3.05, 3.63) is 59.4 Å². The second kappa shape index (κ2) is 11.0. The molecule has 4 rings (SSSR count). The molecule has 2 heterocycles. The minimum absolute atomic E-state index is 0.120. The number of anilines is 1. The average Bonchev–Trinajstić information content (AvgIpc) is 3.27. The van der Waals surface area contributed by atoms with E-state index in [4.69, 9.17) is 16.3 Å². The van der Waals surface area contributed by atoms with Crippen molar-refractivity contribution in [3.63, 3.8) is 0 Å².